The molecule has 2 aromatic carbocycles. The van der Waals surface area contributed by atoms with Gasteiger partial charge >= 0.3 is 5.97 Å². The first kappa shape index (κ1) is 16.3. The van der Waals surface area contributed by atoms with E-state index in [0.29, 0.717) is 45.9 Å². The van der Waals surface area contributed by atoms with E-state index in [1.165, 1.54) is 24.3 Å². The summed E-state index contributed by atoms with van der Waals surface area (Å²) in [6, 6.07) is 9.29. The quantitative estimate of drug-likeness (QED) is 0.484. The molecule has 6 heteroatoms. The van der Waals surface area contributed by atoms with Crippen molar-refractivity contribution in [2.75, 3.05) is 0 Å². The number of ether oxygens (including phenoxy) is 2. The molecule has 3 aliphatic rings. The van der Waals surface area contributed by atoms with Gasteiger partial charge in [0, 0.05) is 40.8 Å². The third-order valence-corrected chi connectivity index (χ3v) is 5.11. The summed E-state index contributed by atoms with van der Waals surface area (Å²) in [4.78, 5) is 12.8. The van der Waals surface area contributed by atoms with E-state index in [0.717, 1.165) is 0 Å². The van der Waals surface area contributed by atoms with Crippen LogP contribution in [0.3, 0.4) is 0 Å². The average Bonchev–Trinajstić information content (AvgIpc) is 2.89. The van der Waals surface area contributed by atoms with Gasteiger partial charge in [-0.3, -0.25) is 0 Å². The highest BCUT2D eigenvalue weighted by Gasteiger charge is 2.54. The molecule has 2 aliphatic heterocycles. The summed E-state index contributed by atoms with van der Waals surface area (Å²) >= 11 is 0. The normalized spacial score (nSPS) is 18.4. The molecule has 138 valence electrons. The molecule has 6 nitrogen and oxygen atoms in total. The number of allylic oxidation sites excluding steroid dienone is 1. The third-order valence-electron chi connectivity index (χ3n) is 5.11. The minimum absolute atomic E-state index is 0.0133. The summed E-state index contributed by atoms with van der Waals surface area (Å²) in [6.45, 7) is 0. The van der Waals surface area contributed by atoms with Crippen molar-refractivity contribution in [1.82, 2.24) is 0 Å². The topological polar surface area (TPSA) is 102 Å². The smallest absolute Gasteiger partial charge is 0.336 e. The number of fused-ring (bicyclic) bond motifs is 5. The predicted molar refractivity (Wildman–Crippen MR) is 99.7 cm³/mol. The van der Waals surface area contributed by atoms with Gasteiger partial charge in [-0.25, -0.2) is 4.79 Å². The van der Waals surface area contributed by atoms with Gasteiger partial charge in [0.2, 0.25) is 0 Å². The molecule has 1 spiro atoms. The Morgan fingerprint density at radius 2 is 1.64 bits per heavy atom. The van der Waals surface area contributed by atoms with Crippen LogP contribution >= 0.6 is 0 Å². The number of benzene rings is 2. The van der Waals surface area contributed by atoms with Crippen molar-refractivity contribution in [1.29, 1.82) is 0 Å². The second kappa shape index (κ2) is 5.55. The van der Waals surface area contributed by atoms with Crippen LogP contribution in [0.5, 0.6) is 23.0 Å². The van der Waals surface area contributed by atoms with Gasteiger partial charge in [0.1, 0.15) is 23.0 Å². The first-order valence-corrected chi connectivity index (χ1v) is 8.69. The molecule has 0 atom stereocenters. The lowest BCUT2D eigenvalue weighted by Crippen LogP contribution is -2.33. The average molecular weight is 373 g/mol. The zero-order valence-electron chi connectivity index (χ0n) is 14.6. The van der Waals surface area contributed by atoms with Crippen LogP contribution in [0.25, 0.3) is 0 Å². The fourth-order valence-electron chi connectivity index (χ4n) is 3.92. The summed E-state index contributed by atoms with van der Waals surface area (Å²) in [5.74, 6) is 0.264. The SMILES string of the molecule is NC1=C=CCC2=C(C=C1)C1(OC2=O)c2ccc(O)cc2Oc2cc(O)ccc21. The van der Waals surface area contributed by atoms with Crippen LogP contribution in [0.2, 0.25) is 0 Å². The lowest BCUT2D eigenvalue weighted by Gasteiger charge is -2.37. The zero-order chi connectivity index (χ0) is 19.5. The number of phenols is 2. The highest BCUT2D eigenvalue weighted by molar-refractivity contribution is 5.96. The van der Waals surface area contributed by atoms with Crippen molar-refractivity contribution in [3.05, 3.63) is 88.3 Å². The lowest BCUT2D eigenvalue weighted by atomic mass is 9.76. The van der Waals surface area contributed by atoms with Gasteiger partial charge in [-0.15, -0.1) is 0 Å². The third kappa shape index (κ3) is 2.12. The first-order valence-electron chi connectivity index (χ1n) is 8.69. The monoisotopic (exact) mass is 373 g/mol. The van der Waals surface area contributed by atoms with E-state index in [2.05, 4.69) is 5.73 Å². The Morgan fingerprint density at radius 1 is 1.00 bits per heavy atom. The molecule has 0 amide bonds. The van der Waals surface area contributed by atoms with Crippen molar-refractivity contribution in [2.45, 2.75) is 12.0 Å². The highest BCUT2D eigenvalue weighted by atomic mass is 16.6. The lowest BCUT2D eigenvalue weighted by molar-refractivity contribution is -0.145. The largest absolute Gasteiger partial charge is 0.508 e. The Morgan fingerprint density at radius 3 is 2.29 bits per heavy atom. The van der Waals surface area contributed by atoms with E-state index in [1.807, 2.05) is 0 Å². The van der Waals surface area contributed by atoms with Crippen LogP contribution in [0.4, 0.5) is 0 Å². The van der Waals surface area contributed by atoms with Gasteiger partial charge in [-0.05, 0) is 36.4 Å². The standard InChI is InChI=1S/C22H15NO5/c23-12-2-1-3-15-16(7-4-12)22(28-21(15)26)17-8-5-13(24)10-19(17)27-20-11-14(25)6-9-18(20)22/h1,4-11,24-25H,3,23H2. The molecule has 0 unspecified atom stereocenters. The van der Waals surface area contributed by atoms with Crippen molar-refractivity contribution < 1.29 is 24.5 Å². The molecule has 0 saturated heterocycles. The van der Waals surface area contributed by atoms with Gasteiger partial charge in [-0.1, -0.05) is 11.8 Å². The molecule has 2 aromatic rings. The maximum Gasteiger partial charge on any atom is 0.336 e. The first-order chi connectivity index (χ1) is 13.5. The van der Waals surface area contributed by atoms with Crippen molar-refractivity contribution in [3.63, 3.8) is 0 Å². The van der Waals surface area contributed by atoms with Crippen LogP contribution in [0.15, 0.2) is 77.2 Å². The van der Waals surface area contributed by atoms with Gasteiger partial charge in [-0.2, -0.15) is 0 Å². The summed E-state index contributed by atoms with van der Waals surface area (Å²) in [5.41, 5.74) is 10.3. The van der Waals surface area contributed by atoms with Crippen LogP contribution in [-0.4, -0.2) is 16.2 Å². The Bertz CT molecular complexity index is 1130. The van der Waals surface area contributed by atoms with Crippen LogP contribution < -0.4 is 10.5 Å². The van der Waals surface area contributed by atoms with Gasteiger partial charge in [0.15, 0.2) is 5.60 Å². The molecule has 5 rings (SSSR count). The molecule has 2 heterocycles. The maximum absolute atomic E-state index is 12.8. The minimum Gasteiger partial charge on any atom is -0.508 e. The number of phenolic OH excluding ortho intramolecular Hbond substituents is 2. The van der Waals surface area contributed by atoms with E-state index in [-0.39, 0.29) is 11.5 Å². The number of carbonyl (C=O) groups is 1. The van der Waals surface area contributed by atoms with Gasteiger partial charge in [0.05, 0.1) is 5.70 Å². The molecule has 4 N–H and O–H groups in total. The molecule has 1 aliphatic carbocycles. The van der Waals surface area contributed by atoms with E-state index < -0.39 is 11.6 Å². The number of nitrogens with two attached hydrogens (primary N) is 1. The molecular formula is C22H15NO5. The number of hydrogen-bond acceptors (Lipinski definition) is 6. The van der Waals surface area contributed by atoms with Crippen molar-refractivity contribution >= 4 is 5.97 Å². The fourth-order valence-corrected chi connectivity index (χ4v) is 3.92. The second-order valence-corrected chi connectivity index (χ2v) is 6.77. The molecule has 0 aromatic heterocycles. The predicted octanol–water partition coefficient (Wildman–Crippen LogP) is 3.26. The number of rotatable bonds is 0. The molecule has 28 heavy (non-hydrogen) atoms. The Hall–Kier alpha value is -3.89. The van der Waals surface area contributed by atoms with Crippen molar-refractivity contribution in [3.8, 4) is 23.0 Å². The fraction of sp³-hybridized carbons (Fsp3) is 0.0909. The second-order valence-electron chi connectivity index (χ2n) is 6.77. The van der Waals surface area contributed by atoms with Gasteiger partial charge in [0.25, 0.3) is 0 Å². The Labute approximate surface area is 160 Å². The number of esters is 1. The van der Waals surface area contributed by atoms with E-state index in [1.54, 1.807) is 30.4 Å². The molecule has 0 radical (unpaired) electrons. The molecule has 0 fully saturated rings. The summed E-state index contributed by atoms with van der Waals surface area (Å²) in [7, 11) is 0. The maximum atomic E-state index is 12.8. The van der Waals surface area contributed by atoms with Crippen LogP contribution in [0.1, 0.15) is 17.5 Å². The molecule has 0 saturated carbocycles. The number of aromatic hydroxyl groups is 2. The number of hydrogen-bond donors (Lipinski definition) is 3. The highest BCUT2D eigenvalue weighted by Crippen LogP contribution is 2.57. The molecular weight excluding hydrogens is 358 g/mol. The Balaban J connectivity index is 1.86. The van der Waals surface area contributed by atoms with Crippen molar-refractivity contribution in [2.24, 2.45) is 5.73 Å². The Kier molecular flexibility index (Phi) is 3.23. The van der Waals surface area contributed by atoms with E-state index in [9.17, 15) is 15.0 Å². The van der Waals surface area contributed by atoms with E-state index in [4.69, 9.17) is 15.2 Å². The summed E-state index contributed by atoms with van der Waals surface area (Å²) in [6.07, 6.45) is 5.45. The minimum atomic E-state index is -1.27. The summed E-state index contributed by atoms with van der Waals surface area (Å²) in [5, 5.41) is 19.9. The van der Waals surface area contributed by atoms with Crippen LogP contribution in [-0.2, 0) is 15.1 Å². The van der Waals surface area contributed by atoms with E-state index >= 15 is 0 Å². The summed E-state index contributed by atoms with van der Waals surface area (Å²) < 4.78 is 11.9. The molecule has 0 bridgehead atoms. The number of carbonyl (C=O) groups excluding carboxylic acids is 1. The zero-order valence-corrected chi connectivity index (χ0v) is 14.6. The van der Waals surface area contributed by atoms with Gasteiger partial charge < -0.3 is 25.4 Å². The van der Waals surface area contributed by atoms with Crippen LogP contribution in [0, 0.1) is 0 Å².